The van der Waals surface area contributed by atoms with Crippen molar-refractivity contribution in [3.05, 3.63) is 80.4 Å². The number of nitrogens with one attached hydrogen (secondary N) is 1. The van der Waals surface area contributed by atoms with Crippen molar-refractivity contribution < 1.29 is 0 Å². The Labute approximate surface area is 166 Å². The van der Waals surface area contributed by atoms with Crippen LogP contribution in [0.3, 0.4) is 0 Å². The minimum absolute atomic E-state index is 0.150. The number of thioether (sulfide) groups is 1. The molecule has 0 atom stereocenters. The molecule has 8 heteroatoms. The molecule has 5 nitrogen and oxygen atoms in total. The lowest BCUT2D eigenvalue weighted by atomic mass is 10.2. The van der Waals surface area contributed by atoms with Gasteiger partial charge in [0, 0.05) is 22.5 Å². The Morgan fingerprint density at radius 2 is 2.00 bits per heavy atom. The van der Waals surface area contributed by atoms with E-state index in [2.05, 4.69) is 30.9 Å². The largest absolute Gasteiger partial charge is 0.333 e. The number of benzene rings is 1. The number of hydrogen-bond donors (Lipinski definition) is 1. The van der Waals surface area contributed by atoms with E-state index in [1.807, 2.05) is 24.3 Å². The summed E-state index contributed by atoms with van der Waals surface area (Å²) in [6, 6.07) is 13.0. The first-order valence-electron chi connectivity index (χ1n) is 7.70. The fraction of sp³-hybridized carbons (Fsp3) is 0.0556. The molecule has 0 fully saturated rings. The summed E-state index contributed by atoms with van der Waals surface area (Å²) in [5.41, 5.74) is 3.13. The van der Waals surface area contributed by atoms with E-state index in [1.54, 1.807) is 24.5 Å². The molecule has 0 spiro atoms. The van der Waals surface area contributed by atoms with Gasteiger partial charge in [0.15, 0.2) is 5.16 Å². The highest BCUT2D eigenvalue weighted by molar-refractivity contribution is 9.10. The first-order valence-corrected chi connectivity index (χ1v) is 9.86. The first-order chi connectivity index (χ1) is 12.6. The highest BCUT2D eigenvalue weighted by Gasteiger charge is 2.07. The second-order valence-corrected chi connectivity index (χ2v) is 7.87. The van der Waals surface area contributed by atoms with Gasteiger partial charge in [-0.3, -0.25) is 9.20 Å². The van der Waals surface area contributed by atoms with E-state index in [9.17, 15) is 4.79 Å². The van der Waals surface area contributed by atoms with Crippen LogP contribution in [0, 0.1) is 0 Å². The molecule has 0 unspecified atom stereocenters. The van der Waals surface area contributed by atoms with E-state index in [1.165, 1.54) is 22.2 Å². The molecule has 0 aliphatic rings. The molecule has 0 bridgehead atoms. The zero-order chi connectivity index (χ0) is 18.1. The summed E-state index contributed by atoms with van der Waals surface area (Å²) < 4.78 is 2.47. The average Bonchev–Trinajstić information content (AvgIpc) is 3.10. The second-order valence-electron chi connectivity index (χ2n) is 5.56. The fourth-order valence-corrected chi connectivity index (χ4v) is 3.66. The second kappa shape index (κ2) is 7.26. The van der Waals surface area contributed by atoms with E-state index < -0.39 is 0 Å². The van der Waals surface area contributed by atoms with Crippen LogP contribution in [-0.2, 0) is 5.75 Å². The molecular weight excluding hydrogens is 436 g/mol. The molecule has 1 aromatic carbocycles. The Kier molecular flexibility index (Phi) is 4.84. The zero-order valence-corrected chi connectivity index (χ0v) is 16.5. The molecule has 0 radical (unpaired) electrons. The van der Waals surface area contributed by atoms with Gasteiger partial charge in [-0.1, -0.05) is 51.4 Å². The van der Waals surface area contributed by atoms with E-state index >= 15 is 0 Å². The van der Waals surface area contributed by atoms with Gasteiger partial charge in [0.05, 0.1) is 22.6 Å². The normalized spacial score (nSPS) is 11.2. The van der Waals surface area contributed by atoms with Gasteiger partial charge >= 0.3 is 0 Å². The van der Waals surface area contributed by atoms with Gasteiger partial charge in [0.2, 0.25) is 0 Å². The maximum atomic E-state index is 12.2. The van der Waals surface area contributed by atoms with E-state index in [4.69, 9.17) is 11.6 Å². The number of aromatic amines is 1. The lowest BCUT2D eigenvalue weighted by Gasteiger charge is -2.03. The number of hydrogen-bond acceptors (Lipinski definition) is 4. The monoisotopic (exact) mass is 446 g/mol. The van der Waals surface area contributed by atoms with Crippen LogP contribution in [0.25, 0.3) is 16.9 Å². The van der Waals surface area contributed by atoms with Crippen molar-refractivity contribution in [2.75, 3.05) is 0 Å². The van der Waals surface area contributed by atoms with Crippen LogP contribution in [0.2, 0.25) is 5.02 Å². The molecule has 26 heavy (non-hydrogen) atoms. The van der Waals surface area contributed by atoms with Crippen molar-refractivity contribution in [1.29, 1.82) is 0 Å². The third-order valence-corrected chi connectivity index (χ3v) is 5.41. The predicted molar refractivity (Wildman–Crippen MR) is 108 cm³/mol. The smallest absolute Gasteiger partial charge is 0.258 e. The number of H-pyrrole nitrogens is 1. The van der Waals surface area contributed by atoms with E-state index in [-0.39, 0.29) is 5.56 Å². The van der Waals surface area contributed by atoms with Crippen LogP contribution in [0.15, 0.2) is 69.3 Å². The molecule has 0 amide bonds. The summed E-state index contributed by atoms with van der Waals surface area (Å²) >= 11 is 10.9. The van der Waals surface area contributed by atoms with Gasteiger partial charge in [-0.25, -0.2) is 9.97 Å². The number of aromatic nitrogens is 4. The Morgan fingerprint density at radius 1 is 1.19 bits per heavy atom. The van der Waals surface area contributed by atoms with Crippen LogP contribution < -0.4 is 5.56 Å². The van der Waals surface area contributed by atoms with Crippen LogP contribution >= 0.6 is 39.3 Å². The Balaban J connectivity index is 1.52. The van der Waals surface area contributed by atoms with E-state index in [0.717, 1.165) is 20.9 Å². The minimum Gasteiger partial charge on any atom is -0.333 e. The number of imidazole rings is 1. The third kappa shape index (κ3) is 3.70. The molecule has 0 aliphatic heterocycles. The number of nitrogens with zero attached hydrogens (tertiary/aromatic N) is 3. The quantitative estimate of drug-likeness (QED) is 0.457. The lowest BCUT2D eigenvalue weighted by Crippen LogP contribution is -2.15. The molecule has 4 aromatic rings. The van der Waals surface area contributed by atoms with Crippen molar-refractivity contribution in [1.82, 2.24) is 19.4 Å². The minimum atomic E-state index is -0.150. The number of pyridine rings is 1. The van der Waals surface area contributed by atoms with Crippen molar-refractivity contribution in [2.24, 2.45) is 0 Å². The summed E-state index contributed by atoms with van der Waals surface area (Å²) in [7, 11) is 0. The lowest BCUT2D eigenvalue weighted by molar-refractivity contribution is 1.01. The third-order valence-electron chi connectivity index (χ3n) is 3.74. The molecule has 0 saturated carbocycles. The summed E-state index contributed by atoms with van der Waals surface area (Å²) in [4.78, 5) is 24.4. The molecule has 130 valence electrons. The zero-order valence-electron chi connectivity index (χ0n) is 13.3. The summed E-state index contributed by atoms with van der Waals surface area (Å²) in [6.07, 6.45) is 3.37. The fourth-order valence-electron chi connectivity index (χ4n) is 2.49. The summed E-state index contributed by atoms with van der Waals surface area (Å²) in [5, 5.41) is 1.28. The maximum absolute atomic E-state index is 12.2. The van der Waals surface area contributed by atoms with Crippen molar-refractivity contribution in [2.45, 2.75) is 10.9 Å². The molecule has 0 saturated heterocycles. The molecule has 1 N–H and O–H groups in total. The number of fused-ring (bicyclic) bond motifs is 1. The van der Waals surface area contributed by atoms with Gasteiger partial charge < -0.3 is 4.98 Å². The standard InChI is InChI=1S/C18H12BrClN4OS/c19-12-3-1-11(2-4-12)15-8-21-18(23-15)26-10-14-7-17(25)24-9-13(20)5-6-16(24)22-14/h1-9H,10H2,(H,21,23). The van der Waals surface area contributed by atoms with Gasteiger partial charge in [-0.15, -0.1) is 0 Å². The Hall–Kier alpha value is -2.09. The first kappa shape index (κ1) is 17.3. The van der Waals surface area contributed by atoms with Gasteiger partial charge in [-0.2, -0.15) is 0 Å². The Bertz CT molecular complexity index is 1140. The average molecular weight is 448 g/mol. The molecule has 3 heterocycles. The highest BCUT2D eigenvalue weighted by Crippen LogP contribution is 2.24. The van der Waals surface area contributed by atoms with Crippen molar-refractivity contribution in [3.8, 4) is 11.3 Å². The highest BCUT2D eigenvalue weighted by atomic mass is 79.9. The summed E-state index contributed by atoms with van der Waals surface area (Å²) in [5.74, 6) is 0.543. The van der Waals surface area contributed by atoms with Crippen LogP contribution in [-0.4, -0.2) is 19.4 Å². The Morgan fingerprint density at radius 3 is 2.81 bits per heavy atom. The SMILES string of the molecule is O=c1cc(CSc2ncc(-c3ccc(Br)cc3)[nH]2)nc2ccc(Cl)cn12. The molecular formula is C18H12BrClN4OS. The number of halogens is 2. The topological polar surface area (TPSA) is 63.0 Å². The number of rotatable bonds is 4. The molecule has 0 aliphatic carbocycles. The van der Waals surface area contributed by atoms with Crippen LogP contribution in [0.5, 0.6) is 0 Å². The van der Waals surface area contributed by atoms with E-state index in [0.29, 0.717) is 22.1 Å². The van der Waals surface area contributed by atoms with Crippen LogP contribution in [0.1, 0.15) is 5.69 Å². The van der Waals surface area contributed by atoms with Crippen LogP contribution in [0.4, 0.5) is 0 Å². The van der Waals surface area contributed by atoms with Gasteiger partial charge in [0.1, 0.15) is 5.65 Å². The van der Waals surface area contributed by atoms with Crippen molar-refractivity contribution >= 4 is 44.9 Å². The van der Waals surface area contributed by atoms with Gasteiger partial charge in [0.25, 0.3) is 5.56 Å². The molecule has 4 rings (SSSR count). The summed E-state index contributed by atoms with van der Waals surface area (Å²) in [6.45, 7) is 0. The maximum Gasteiger partial charge on any atom is 0.258 e. The van der Waals surface area contributed by atoms with Crippen molar-refractivity contribution in [3.63, 3.8) is 0 Å². The molecule has 3 aromatic heterocycles. The van der Waals surface area contributed by atoms with Gasteiger partial charge in [-0.05, 0) is 29.8 Å². The predicted octanol–water partition coefficient (Wildman–Crippen LogP) is 4.79.